The average molecular weight is 305 g/mol. The van der Waals surface area contributed by atoms with Crippen LogP contribution in [0.2, 0.25) is 0 Å². The standard InChI is InChI=1S/C13H15N5S2/c14-9-6-7-19-10(9)12-17-18-11(15-16-13(18)20-12)8-4-2-1-3-5-8/h6-8H,1-5,14H2. The monoisotopic (exact) mass is 305 g/mol. The molecule has 1 saturated carbocycles. The fraction of sp³-hybridized carbons (Fsp3) is 0.462. The van der Waals surface area contributed by atoms with Crippen molar-refractivity contribution in [3.8, 4) is 9.88 Å². The summed E-state index contributed by atoms with van der Waals surface area (Å²) in [5.41, 5.74) is 6.77. The van der Waals surface area contributed by atoms with Crippen molar-refractivity contribution in [3.63, 3.8) is 0 Å². The van der Waals surface area contributed by atoms with Crippen molar-refractivity contribution < 1.29 is 0 Å². The lowest BCUT2D eigenvalue weighted by molar-refractivity contribution is 0.423. The summed E-state index contributed by atoms with van der Waals surface area (Å²) in [6, 6.07) is 1.92. The van der Waals surface area contributed by atoms with Crippen molar-refractivity contribution in [3.05, 3.63) is 17.3 Å². The maximum Gasteiger partial charge on any atom is 0.235 e. The number of thiophene rings is 1. The van der Waals surface area contributed by atoms with Crippen molar-refractivity contribution in [1.29, 1.82) is 0 Å². The van der Waals surface area contributed by atoms with E-state index in [0.717, 1.165) is 26.4 Å². The quantitative estimate of drug-likeness (QED) is 0.786. The van der Waals surface area contributed by atoms with Gasteiger partial charge in [0.15, 0.2) is 10.8 Å². The fourth-order valence-electron chi connectivity index (χ4n) is 2.83. The molecular weight excluding hydrogens is 290 g/mol. The summed E-state index contributed by atoms with van der Waals surface area (Å²) in [6.07, 6.45) is 6.32. The Hall–Kier alpha value is -1.47. The molecule has 0 bridgehead atoms. The van der Waals surface area contributed by atoms with E-state index in [-0.39, 0.29) is 0 Å². The number of hydrogen-bond acceptors (Lipinski definition) is 6. The molecule has 7 heteroatoms. The van der Waals surface area contributed by atoms with Gasteiger partial charge in [0.05, 0.1) is 10.6 Å². The van der Waals surface area contributed by atoms with Crippen LogP contribution in [0.3, 0.4) is 0 Å². The first-order chi connectivity index (χ1) is 9.83. The second-order valence-electron chi connectivity index (χ2n) is 5.20. The molecule has 1 aliphatic carbocycles. The molecule has 0 aliphatic heterocycles. The van der Waals surface area contributed by atoms with Gasteiger partial charge in [0, 0.05) is 5.92 Å². The van der Waals surface area contributed by atoms with Crippen LogP contribution in [0, 0.1) is 0 Å². The van der Waals surface area contributed by atoms with Gasteiger partial charge in [-0.3, -0.25) is 0 Å². The Balaban J connectivity index is 1.77. The minimum atomic E-state index is 0.509. The first-order valence-electron chi connectivity index (χ1n) is 6.88. The van der Waals surface area contributed by atoms with Crippen molar-refractivity contribution in [2.24, 2.45) is 0 Å². The van der Waals surface area contributed by atoms with Gasteiger partial charge in [-0.05, 0) is 24.3 Å². The van der Waals surface area contributed by atoms with Crippen molar-refractivity contribution >= 4 is 33.3 Å². The van der Waals surface area contributed by atoms with Crippen LogP contribution in [-0.2, 0) is 0 Å². The second kappa shape index (κ2) is 4.82. The summed E-state index contributed by atoms with van der Waals surface area (Å²) in [5, 5.41) is 16.3. The predicted molar refractivity (Wildman–Crippen MR) is 82.2 cm³/mol. The van der Waals surface area contributed by atoms with Gasteiger partial charge in [-0.2, -0.15) is 9.61 Å². The maximum atomic E-state index is 5.98. The molecule has 20 heavy (non-hydrogen) atoms. The largest absolute Gasteiger partial charge is 0.397 e. The van der Waals surface area contributed by atoms with Gasteiger partial charge in [-0.25, -0.2) is 0 Å². The number of fused-ring (bicyclic) bond motifs is 1. The zero-order valence-electron chi connectivity index (χ0n) is 11.0. The number of rotatable bonds is 2. The van der Waals surface area contributed by atoms with Crippen LogP contribution < -0.4 is 5.73 Å². The molecule has 0 atom stereocenters. The second-order valence-corrected chi connectivity index (χ2v) is 7.07. The van der Waals surface area contributed by atoms with Gasteiger partial charge < -0.3 is 5.73 Å². The Labute approximate surface area is 124 Å². The molecule has 0 aromatic carbocycles. The highest BCUT2D eigenvalue weighted by Gasteiger charge is 2.23. The summed E-state index contributed by atoms with van der Waals surface area (Å²) in [5.74, 6) is 1.53. The minimum absolute atomic E-state index is 0.509. The molecular formula is C13H15N5S2. The number of nitrogens with zero attached hydrogens (tertiary/aromatic N) is 4. The van der Waals surface area contributed by atoms with Crippen molar-refractivity contribution in [2.45, 2.75) is 38.0 Å². The van der Waals surface area contributed by atoms with Gasteiger partial charge in [0.25, 0.3) is 0 Å². The van der Waals surface area contributed by atoms with E-state index in [1.54, 1.807) is 22.7 Å². The van der Waals surface area contributed by atoms with Crippen LogP contribution in [0.1, 0.15) is 43.8 Å². The first kappa shape index (κ1) is 12.3. The van der Waals surface area contributed by atoms with Crippen LogP contribution in [0.4, 0.5) is 5.69 Å². The Kier molecular flexibility index (Phi) is 2.96. The zero-order chi connectivity index (χ0) is 13.5. The average Bonchev–Trinajstić information content (AvgIpc) is 3.13. The van der Waals surface area contributed by atoms with Crippen molar-refractivity contribution in [2.75, 3.05) is 5.73 Å². The molecule has 0 saturated heterocycles. The molecule has 3 heterocycles. The van der Waals surface area contributed by atoms with Gasteiger partial charge in [-0.1, -0.05) is 30.6 Å². The normalized spacial score (nSPS) is 17.0. The highest BCUT2D eigenvalue weighted by Crippen LogP contribution is 2.36. The third-order valence-electron chi connectivity index (χ3n) is 3.88. The van der Waals surface area contributed by atoms with E-state index in [2.05, 4.69) is 10.2 Å². The van der Waals surface area contributed by atoms with E-state index < -0.39 is 0 Å². The molecule has 0 unspecified atom stereocenters. The molecule has 0 radical (unpaired) electrons. The molecule has 104 valence electrons. The van der Waals surface area contributed by atoms with Crippen LogP contribution in [0.15, 0.2) is 11.4 Å². The molecule has 0 spiro atoms. The Morgan fingerprint density at radius 1 is 1.20 bits per heavy atom. The molecule has 3 aromatic heterocycles. The number of anilines is 1. The summed E-state index contributed by atoms with van der Waals surface area (Å²) in [4.78, 5) is 1.91. The van der Waals surface area contributed by atoms with Crippen LogP contribution >= 0.6 is 22.7 Å². The van der Waals surface area contributed by atoms with E-state index in [0.29, 0.717) is 5.92 Å². The lowest BCUT2D eigenvalue weighted by Crippen LogP contribution is -2.09. The minimum Gasteiger partial charge on any atom is -0.397 e. The lowest BCUT2D eigenvalue weighted by atomic mass is 9.89. The molecule has 1 aliphatic rings. The summed E-state index contributed by atoms with van der Waals surface area (Å²) >= 11 is 3.19. The lowest BCUT2D eigenvalue weighted by Gasteiger charge is -2.18. The Morgan fingerprint density at radius 3 is 2.80 bits per heavy atom. The highest BCUT2D eigenvalue weighted by molar-refractivity contribution is 7.24. The number of hydrogen-bond donors (Lipinski definition) is 1. The van der Waals surface area contributed by atoms with E-state index in [1.807, 2.05) is 16.0 Å². The maximum absolute atomic E-state index is 5.98. The third-order valence-corrected chi connectivity index (χ3v) is 5.86. The predicted octanol–water partition coefficient (Wildman–Crippen LogP) is 3.54. The Morgan fingerprint density at radius 2 is 2.05 bits per heavy atom. The van der Waals surface area contributed by atoms with Crippen molar-refractivity contribution in [1.82, 2.24) is 19.8 Å². The molecule has 0 amide bonds. The molecule has 1 fully saturated rings. The summed E-state index contributed by atoms with van der Waals surface area (Å²) < 4.78 is 1.93. The highest BCUT2D eigenvalue weighted by atomic mass is 32.1. The smallest absolute Gasteiger partial charge is 0.235 e. The zero-order valence-corrected chi connectivity index (χ0v) is 12.6. The van der Waals surface area contributed by atoms with Gasteiger partial charge in [-0.15, -0.1) is 21.5 Å². The SMILES string of the molecule is Nc1ccsc1-c1nn2c(C3CCCCC3)nnc2s1. The van der Waals surface area contributed by atoms with E-state index in [9.17, 15) is 0 Å². The number of aromatic nitrogens is 4. The van der Waals surface area contributed by atoms with Gasteiger partial charge >= 0.3 is 0 Å². The third kappa shape index (κ3) is 1.92. The van der Waals surface area contributed by atoms with E-state index in [1.165, 1.54) is 32.1 Å². The number of nitrogens with two attached hydrogens (primary N) is 1. The van der Waals surface area contributed by atoms with Crippen LogP contribution in [-0.4, -0.2) is 19.8 Å². The molecule has 5 nitrogen and oxygen atoms in total. The van der Waals surface area contributed by atoms with Crippen LogP contribution in [0.5, 0.6) is 0 Å². The van der Waals surface area contributed by atoms with E-state index >= 15 is 0 Å². The summed E-state index contributed by atoms with van der Waals surface area (Å²) in [7, 11) is 0. The van der Waals surface area contributed by atoms with Gasteiger partial charge in [0.2, 0.25) is 4.96 Å². The summed E-state index contributed by atoms with van der Waals surface area (Å²) in [6.45, 7) is 0. The first-order valence-corrected chi connectivity index (χ1v) is 8.58. The van der Waals surface area contributed by atoms with E-state index in [4.69, 9.17) is 10.8 Å². The molecule has 3 aromatic rings. The topological polar surface area (TPSA) is 69.1 Å². The Bertz CT molecular complexity index is 735. The fourth-order valence-corrected chi connectivity index (χ4v) is 4.61. The molecule has 4 rings (SSSR count). The molecule has 2 N–H and O–H groups in total. The van der Waals surface area contributed by atoms with Crippen LogP contribution in [0.25, 0.3) is 14.8 Å². The number of nitrogen functional groups attached to an aromatic ring is 1. The van der Waals surface area contributed by atoms with Gasteiger partial charge in [0.1, 0.15) is 0 Å².